The van der Waals surface area contributed by atoms with Gasteiger partial charge in [0.1, 0.15) is 10.7 Å². The van der Waals surface area contributed by atoms with E-state index in [1.165, 1.54) is 25.3 Å². The number of thiazole rings is 1. The van der Waals surface area contributed by atoms with Crippen molar-refractivity contribution in [1.29, 1.82) is 0 Å². The van der Waals surface area contributed by atoms with E-state index in [-0.39, 0.29) is 17.2 Å². The first kappa shape index (κ1) is 15.7. The van der Waals surface area contributed by atoms with Crippen LogP contribution in [0.2, 0.25) is 0 Å². The number of carbonyl (C=O) groups is 1. The fourth-order valence-corrected chi connectivity index (χ4v) is 3.69. The van der Waals surface area contributed by atoms with Crippen molar-refractivity contribution in [2.75, 3.05) is 7.05 Å². The van der Waals surface area contributed by atoms with Crippen LogP contribution in [0.25, 0.3) is 0 Å². The number of hydrogen-bond acceptors (Lipinski definition) is 6. The molecule has 2 heterocycles. The zero-order chi connectivity index (χ0) is 15.8. The van der Waals surface area contributed by atoms with Gasteiger partial charge in [-0.05, 0) is 13.8 Å². The number of aromatic carboxylic acids is 1. The largest absolute Gasteiger partial charge is 0.475 e. The summed E-state index contributed by atoms with van der Waals surface area (Å²) >= 11 is 1.44. The average Bonchev–Trinajstić information content (AvgIpc) is 2.96. The zero-order valence-electron chi connectivity index (χ0n) is 11.7. The summed E-state index contributed by atoms with van der Waals surface area (Å²) < 4.78 is 31.0. The lowest BCUT2D eigenvalue weighted by Gasteiger charge is -2.15. The molecule has 0 saturated carbocycles. The van der Waals surface area contributed by atoms with Gasteiger partial charge < -0.3 is 9.52 Å². The summed E-state index contributed by atoms with van der Waals surface area (Å²) in [5.74, 6) is -1.66. The summed E-state index contributed by atoms with van der Waals surface area (Å²) in [5, 5.41) is 11.5. The highest BCUT2D eigenvalue weighted by atomic mass is 32.2. The van der Waals surface area contributed by atoms with Crippen LogP contribution in [0.1, 0.15) is 27.0 Å². The van der Waals surface area contributed by atoms with E-state index in [4.69, 9.17) is 9.52 Å². The Labute approximate surface area is 125 Å². The molecule has 0 aromatic carbocycles. The fraction of sp³-hybridized carbons (Fsp3) is 0.333. The number of hydrogen-bond donors (Lipinski definition) is 1. The fourth-order valence-electron chi connectivity index (χ4n) is 1.79. The van der Waals surface area contributed by atoms with Crippen LogP contribution in [0.15, 0.2) is 20.8 Å². The van der Waals surface area contributed by atoms with Crippen LogP contribution in [-0.4, -0.2) is 35.8 Å². The summed E-state index contributed by atoms with van der Waals surface area (Å²) in [7, 11) is -2.42. The Morgan fingerprint density at radius 2 is 2.14 bits per heavy atom. The summed E-state index contributed by atoms with van der Waals surface area (Å²) in [6, 6.07) is 1.02. The second kappa shape index (κ2) is 5.58. The number of rotatable bonds is 5. The molecule has 1 N–H and O–H groups in total. The summed E-state index contributed by atoms with van der Waals surface area (Å²) in [4.78, 5) is 14.9. The van der Waals surface area contributed by atoms with Crippen molar-refractivity contribution < 1.29 is 22.7 Å². The Bertz CT molecular complexity index is 775. The van der Waals surface area contributed by atoms with Crippen LogP contribution in [0.5, 0.6) is 0 Å². The Hall–Kier alpha value is -1.71. The molecule has 2 rings (SSSR count). The Kier molecular flexibility index (Phi) is 4.17. The second-order valence-electron chi connectivity index (χ2n) is 4.46. The second-order valence-corrected chi connectivity index (χ2v) is 7.53. The van der Waals surface area contributed by atoms with E-state index in [9.17, 15) is 13.2 Å². The van der Waals surface area contributed by atoms with Gasteiger partial charge in [0.2, 0.25) is 15.8 Å². The molecule has 2 aromatic heterocycles. The number of sulfonamides is 1. The third-order valence-electron chi connectivity index (χ3n) is 2.82. The first-order chi connectivity index (χ1) is 9.71. The number of carboxylic acid groups (broad SMARTS) is 1. The molecule has 0 unspecified atom stereocenters. The lowest BCUT2D eigenvalue weighted by atomic mass is 10.4. The Balaban J connectivity index is 2.30. The van der Waals surface area contributed by atoms with Crippen molar-refractivity contribution in [3.05, 3.63) is 33.7 Å². The lowest BCUT2D eigenvalue weighted by molar-refractivity contribution is 0.0661. The summed E-state index contributed by atoms with van der Waals surface area (Å²) in [5.41, 5.74) is 0.642. The summed E-state index contributed by atoms with van der Waals surface area (Å²) in [6.07, 6.45) is 0. The minimum absolute atomic E-state index is 0.0497. The van der Waals surface area contributed by atoms with Gasteiger partial charge in [-0.15, -0.1) is 11.3 Å². The predicted octanol–water partition coefficient (Wildman–Crippen LogP) is 1.87. The van der Waals surface area contributed by atoms with E-state index >= 15 is 0 Å². The van der Waals surface area contributed by atoms with Crippen molar-refractivity contribution >= 4 is 27.3 Å². The van der Waals surface area contributed by atoms with E-state index in [1.54, 1.807) is 5.38 Å². The molecule has 0 fully saturated rings. The molecule has 0 atom stereocenters. The molecule has 2 aromatic rings. The monoisotopic (exact) mass is 330 g/mol. The Morgan fingerprint density at radius 1 is 1.48 bits per heavy atom. The number of carboxylic acids is 1. The van der Waals surface area contributed by atoms with Crippen LogP contribution in [0.3, 0.4) is 0 Å². The molecular weight excluding hydrogens is 316 g/mol. The highest BCUT2D eigenvalue weighted by molar-refractivity contribution is 7.89. The zero-order valence-corrected chi connectivity index (χ0v) is 13.3. The van der Waals surface area contributed by atoms with Gasteiger partial charge in [-0.25, -0.2) is 18.2 Å². The van der Waals surface area contributed by atoms with Gasteiger partial charge in [-0.2, -0.15) is 4.31 Å². The van der Waals surface area contributed by atoms with Crippen LogP contribution < -0.4 is 0 Å². The number of aryl methyl sites for hydroxylation is 2. The van der Waals surface area contributed by atoms with Gasteiger partial charge in [0, 0.05) is 18.5 Å². The molecule has 21 heavy (non-hydrogen) atoms. The van der Waals surface area contributed by atoms with E-state index in [1.807, 2.05) is 6.92 Å². The molecule has 114 valence electrons. The maximum Gasteiger partial charge on any atom is 0.371 e. The molecule has 9 heteroatoms. The molecule has 7 nitrogen and oxygen atoms in total. The quantitative estimate of drug-likeness (QED) is 0.898. The minimum Gasteiger partial charge on any atom is -0.475 e. The molecule has 0 bridgehead atoms. The lowest BCUT2D eigenvalue weighted by Crippen LogP contribution is -2.26. The predicted molar refractivity (Wildman–Crippen MR) is 75.9 cm³/mol. The maximum atomic E-state index is 12.4. The third kappa shape index (κ3) is 3.14. The van der Waals surface area contributed by atoms with E-state index in [0.717, 1.165) is 15.4 Å². The van der Waals surface area contributed by atoms with E-state index in [2.05, 4.69) is 4.98 Å². The van der Waals surface area contributed by atoms with E-state index in [0.29, 0.717) is 5.69 Å². The minimum atomic E-state index is -3.83. The highest BCUT2D eigenvalue weighted by Gasteiger charge is 2.28. The topological polar surface area (TPSA) is 101 Å². The molecule has 0 aliphatic carbocycles. The first-order valence-corrected chi connectivity index (χ1v) is 8.25. The van der Waals surface area contributed by atoms with Gasteiger partial charge >= 0.3 is 5.97 Å². The standard InChI is InChI=1S/C12H14N2O5S2/c1-7-11(4-10(19-7)12(15)16)21(17,18)14(3)5-9-6-20-8(2)13-9/h4,6H,5H2,1-3H3,(H,15,16). The van der Waals surface area contributed by atoms with Crippen molar-refractivity contribution in [2.45, 2.75) is 25.3 Å². The number of aromatic nitrogens is 1. The van der Waals surface area contributed by atoms with Gasteiger partial charge in [-0.3, -0.25) is 0 Å². The SMILES string of the molecule is Cc1nc(CN(C)S(=O)(=O)c2cc(C(=O)O)oc2C)cs1. The Morgan fingerprint density at radius 3 is 2.62 bits per heavy atom. The smallest absolute Gasteiger partial charge is 0.371 e. The average molecular weight is 330 g/mol. The molecule has 0 spiro atoms. The summed E-state index contributed by atoms with van der Waals surface area (Å²) in [6.45, 7) is 3.36. The normalized spacial score (nSPS) is 12.0. The van der Waals surface area contributed by atoms with Gasteiger partial charge in [0.25, 0.3) is 0 Å². The van der Waals surface area contributed by atoms with Crippen LogP contribution in [0, 0.1) is 13.8 Å². The van der Waals surface area contributed by atoms with Gasteiger partial charge in [0.15, 0.2) is 0 Å². The molecule has 0 saturated heterocycles. The first-order valence-electron chi connectivity index (χ1n) is 5.93. The van der Waals surface area contributed by atoms with Crippen molar-refractivity contribution in [2.24, 2.45) is 0 Å². The number of nitrogens with zero attached hydrogens (tertiary/aromatic N) is 2. The van der Waals surface area contributed by atoms with Crippen molar-refractivity contribution in [1.82, 2.24) is 9.29 Å². The molecule has 0 aliphatic heterocycles. The highest BCUT2D eigenvalue weighted by Crippen LogP contribution is 2.24. The molecular formula is C12H14N2O5S2. The van der Waals surface area contributed by atoms with Crippen LogP contribution >= 0.6 is 11.3 Å². The van der Waals surface area contributed by atoms with Crippen LogP contribution in [0.4, 0.5) is 0 Å². The number of furan rings is 1. The van der Waals surface area contributed by atoms with E-state index < -0.39 is 21.8 Å². The molecule has 0 radical (unpaired) electrons. The van der Waals surface area contributed by atoms with Crippen LogP contribution in [-0.2, 0) is 16.6 Å². The maximum absolute atomic E-state index is 12.4. The van der Waals surface area contributed by atoms with Gasteiger partial charge in [0.05, 0.1) is 17.2 Å². The van der Waals surface area contributed by atoms with Crippen molar-refractivity contribution in [3.8, 4) is 0 Å². The molecule has 0 amide bonds. The van der Waals surface area contributed by atoms with Crippen molar-refractivity contribution in [3.63, 3.8) is 0 Å². The van der Waals surface area contributed by atoms with Gasteiger partial charge in [-0.1, -0.05) is 0 Å². The molecule has 0 aliphatic rings. The third-order valence-corrected chi connectivity index (χ3v) is 5.56.